The van der Waals surface area contributed by atoms with Gasteiger partial charge in [-0.3, -0.25) is 6.08 Å². The first-order valence-corrected chi connectivity index (χ1v) is 13.4. The zero-order valence-electron chi connectivity index (χ0n) is 22.5. The molecule has 0 aromatic heterocycles. The zero-order valence-corrected chi connectivity index (χ0v) is 25.0. The van der Waals surface area contributed by atoms with Gasteiger partial charge in [-0.05, 0) is 6.42 Å². The molecule has 0 atom stereocenters. The largest absolute Gasteiger partial charge is 0.179 e. The molecule has 2 aliphatic carbocycles. The first-order chi connectivity index (χ1) is 17.2. The van der Waals surface area contributed by atoms with Crippen molar-refractivity contribution in [2.24, 2.45) is 0 Å². The van der Waals surface area contributed by atoms with Gasteiger partial charge in [-0.25, -0.2) is 11.6 Å². The molecule has 0 bridgehead atoms. The van der Waals surface area contributed by atoms with Crippen molar-refractivity contribution in [3.05, 3.63) is 170 Å². The van der Waals surface area contributed by atoms with E-state index < -0.39 is 0 Å². The zero-order chi connectivity index (χ0) is 24.5. The van der Waals surface area contributed by atoms with E-state index in [0.717, 1.165) is 12.8 Å². The predicted octanol–water partition coefficient (Wildman–Crippen LogP) is 9.24. The Kier molecular flexibility index (Phi) is 12.6. The van der Waals surface area contributed by atoms with Crippen LogP contribution in [0, 0.1) is 27.0 Å². The summed E-state index contributed by atoms with van der Waals surface area (Å²) in [5.74, 6) is 0. The van der Waals surface area contributed by atoms with Gasteiger partial charge in [-0.15, -0.1) is 18.9 Å². The van der Waals surface area contributed by atoms with E-state index in [0.29, 0.717) is 0 Å². The summed E-state index contributed by atoms with van der Waals surface area (Å²) < 4.78 is 1.42. The van der Waals surface area contributed by atoms with E-state index in [4.69, 9.17) is 0 Å². The van der Waals surface area contributed by atoms with Gasteiger partial charge in [0.2, 0.25) is 0 Å². The van der Waals surface area contributed by atoms with Crippen LogP contribution in [0.4, 0.5) is 0 Å². The van der Waals surface area contributed by atoms with E-state index in [1.807, 2.05) is 6.07 Å². The number of benzene rings is 4. The van der Waals surface area contributed by atoms with E-state index >= 15 is 0 Å². The molecule has 0 nitrogen and oxygen atoms in total. The van der Waals surface area contributed by atoms with Crippen LogP contribution in [0.1, 0.15) is 48.9 Å². The summed E-state index contributed by atoms with van der Waals surface area (Å²) in [7, 11) is 0. The molecular formula is C36H36Zr-4. The molecule has 4 aromatic carbocycles. The van der Waals surface area contributed by atoms with Gasteiger partial charge in [0.05, 0.1) is 0 Å². The van der Waals surface area contributed by atoms with Gasteiger partial charge in [-0.2, -0.15) is 35.4 Å². The molecule has 4 aromatic rings. The standard InChI is InChI=1S/C13H9.C13H10.C8H11.2CH3.Zr/c1-3-7-12-10(5-1)9-11-6-2-4-8-13(11)12;1-3-7-12(8-4-1)11-13-9-5-2-6-10-13;1-3-8-6-4-5-7(8)2;;;/h1-5,7-8H,9H2;1-10H;5H,3,6H2,1-2H3;2*1H3;/q-1;;3*-1;. The van der Waals surface area contributed by atoms with Crippen LogP contribution in [-0.2, 0) is 30.7 Å². The Labute approximate surface area is 240 Å². The molecule has 0 fully saturated rings. The summed E-state index contributed by atoms with van der Waals surface area (Å²) in [6.07, 6.45) is 8.57. The summed E-state index contributed by atoms with van der Waals surface area (Å²) in [6.45, 7) is 4.35. The fourth-order valence-electron chi connectivity index (χ4n) is 4.35. The average Bonchev–Trinajstić information content (AvgIpc) is 3.53. The predicted molar refractivity (Wildman–Crippen MR) is 158 cm³/mol. The molecule has 2 aliphatic rings. The van der Waals surface area contributed by atoms with Crippen molar-refractivity contribution in [2.75, 3.05) is 0 Å². The van der Waals surface area contributed by atoms with Crippen molar-refractivity contribution in [3.63, 3.8) is 0 Å². The van der Waals surface area contributed by atoms with Crippen LogP contribution in [0.25, 0.3) is 11.1 Å². The Morgan fingerprint density at radius 1 is 0.757 bits per heavy atom. The van der Waals surface area contributed by atoms with Crippen LogP contribution in [0.3, 0.4) is 0 Å². The molecule has 37 heavy (non-hydrogen) atoms. The normalized spacial score (nSPS) is 11.9. The molecule has 0 amide bonds. The van der Waals surface area contributed by atoms with Crippen molar-refractivity contribution in [3.8, 4) is 11.1 Å². The van der Waals surface area contributed by atoms with E-state index in [2.05, 4.69) is 129 Å². The maximum absolute atomic E-state index is 3.30. The van der Waals surface area contributed by atoms with Crippen molar-refractivity contribution >= 4 is 3.21 Å². The minimum atomic E-state index is 0. The second-order valence-electron chi connectivity index (χ2n) is 8.67. The molecule has 0 heterocycles. The second kappa shape index (κ2) is 15.4. The van der Waals surface area contributed by atoms with Crippen molar-refractivity contribution in [2.45, 2.75) is 33.1 Å². The minimum Gasteiger partial charge on any atom is -0.179 e. The molecule has 6 rings (SSSR count). The van der Waals surface area contributed by atoms with Crippen LogP contribution in [0.2, 0.25) is 0 Å². The smallest absolute Gasteiger partial charge is 0.0253 e. The molecule has 0 aliphatic heterocycles. The van der Waals surface area contributed by atoms with Crippen LogP contribution in [-0.4, -0.2) is 3.21 Å². The van der Waals surface area contributed by atoms with E-state index in [1.165, 1.54) is 72.8 Å². The minimum absolute atomic E-state index is 0. The molecule has 0 spiro atoms. The number of rotatable bonds is 3. The van der Waals surface area contributed by atoms with Crippen LogP contribution < -0.4 is 0 Å². The molecule has 0 radical (unpaired) electrons. The number of allylic oxidation sites excluding steroid dienone is 4. The number of hydrogen-bond acceptors (Lipinski definition) is 0. The summed E-state index contributed by atoms with van der Waals surface area (Å²) in [5.41, 5.74) is 11.1. The molecule has 0 unspecified atom stereocenters. The Morgan fingerprint density at radius 3 is 1.86 bits per heavy atom. The third kappa shape index (κ3) is 8.05. The molecule has 0 saturated heterocycles. The van der Waals surface area contributed by atoms with E-state index in [1.54, 1.807) is 5.57 Å². The van der Waals surface area contributed by atoms with Gasteiger partial charge in [-0.1, -0.05) is 48.7 Å². The van der Waals surface area contributed by atoms with Crippen molar-refractivity contribution in [1.82, 2.24) is 0 Å². The average molecular weight is 560 g/mol. The Hall–Kier alpha value is -2.89. The molecule has 188 valence electrons. The van der Waals surface area contributed by atoms with Crippen LogP contribution >= 0.6 is 0 Å². The third-order valence-corrected chi connectivity index (χ3v) is 7.78. The SMILES string of the molecule is CCC1=C(C)C=[C-]C1.[CH3-].[CH3-].[Zr]=[C](c1ccccc1)c1ccccc1.[c-]1cccc2c1Cc1ccccc1-2. The molecule has 0 saturated carbocycles. The van der Waals surface area contributed by atoms with Crippen LogP contribution in [0.15, 0.2) is 120 Å². The van der Waals surface area contributed by atoms with E-state index in [-0.39, 0.29) is 14.9 Å². The van der Waals surface area contributed by atoms with Crippen LogP contribution in [0.5, 0.6) is 0 Å². The maximum Gasteiger partial charge on any atom is -0.0253 e. The summed E-state index contributed by atoms with van der Waals surface area (Å²) in [4.78, 5) is 0. The van der Waals surface area contributed by atoms with Gasteiger partial charge < -0.3 is 14.9 Å². The summed E-state index contributed by atoms with van der Waals surface area (Å²) in [6, 6.07) is 39.2. The molecule has 1 heteroatoms. The fourth-order valence-corrected chi connectivity index (χ4v) is 5.17. The third-order valence-electron chi connectivity index (χ3n) is 6.36. The first kappa shape index (κ1) is 30.3. The van der Waals surface area contributed by atoms with Gasteiger partial charge in [0.15, 0.2) is 0 Å². The van der Waals surface area contributed by atoms with Gasteiger partial charge in [0, 0.05) is 0 Å². The quantitative estimate of drug-likeness (QED) is 0.193. The number of hydrogen-bond donors (Lipinski definition) is 0. The Morgan fingerprint density at radius 2 is 1.32 bits per heavy atom. The Bertz CT molecular complexity index is 1240. The van der Waals surface area contributed by atoms with Gasteiger partial charge in [0.25, 0.3) is 0 Å². The monoisotopic (exact) mass is 558 g/mol. The fraction of sp³-hybridized carbons (Fsp3) is 0.139. The van der Waals surface area contributed by atoms with Crippen molar-refractivity contribution < 1.29 is 24.2 Å². The molecular weight excluding hydrogens is 524 g/mol. The van der Waals surface area contributed by atoms with Gasteiger partial charge in [0.1, 0.15) is 0 Å². The Balaban J connectivity index is 0.000000197. The number of fused-ring (bicyclic) bond motifs is 3. The van der Waals surface area contributed by atoms with E-state index in [9.17, 15) is 0 Å². The van der Waals surface area contributed by atoms with Gasteiger partial charge >= 0.3 is 99.2 Å². The summed E-state index contributed by atoms with van der Waals surface area (Å²) in [5, 5.41) is 0. The summed E-state index contributed by atoms with van der Waals surface area (Å²) >= 11 is 1.46. The maximum atomic E-state index is 3.30. The first-order valence-electron chi connectivity index (χ1n) is 12.2. The molecule has 0 N–H and O–H groups in total. The van der Waals surface area contributed by atoms with Crippen molar-refractivity contribution in [1.29, 1.82) is 0 Å². The second-order valence-corrected chi connectivity index (χ2v) is 9.90. The topological polar surface area (TPSA) is 0 Å².